The average molecular weight is 472 g/mol. The molecule has 0 bridgehead atoms. The fourth-order valence-electron chi connectivity index (χ4n) is 4.41. The Morgan fingerprint density at radius 3 is 2.23 bits per heavy atom. The van der Waals surface area contributed by atoms with Gasteiger partial charge in [0.05, 0.1) is 25.8 Å². The molecular weight excluding hydrogens is 442 g/mol. The molecule has 3 aromatic rings. The number of aliphatic hydroxyl groups excluding tert-OH is 1. The molecule has 0 fully saturated rings. The summed E-state index contributed by atoms with van der Waals surface area (Å²) in [6, 6.07) is 23.9. The first-order valence-corrected chi connectivity index (χ1v) is 11.6. The molecule has 1 unspecified atom stereocenters. The average Bonchev–Trinajstić information content (AvgIpc) is 3.16. The van der Waals surface area contributed by atoms with E-state index in [2.05, 4.69) is 0 Å². The van der Waals surface area contributed by atoms with E-state index >= 15 is 0 Å². The second-order valence-corrected chi connectivity index (χ2v) is 8.45. The molecule has 0 saturated carbocycles. The molecule has 3 aromatic carbocycles. The number of amides is 1. The normalized spacial score (nSPS) is 15.4. The van der Waals surface area contributed by atoms with Crippen molar-refractivity contribution in [2.75, 3.05) is 20.8 Å². The number of aliphatic hydroxyl groups is 1. The molecule has 1 amide bonds. The molecule has 1 N–H and O–H groups in total. The number of carbonyl (C=O) groups is 2. The minimum absolute atomic E-state index is 0.147. The molecule has 1 aliphatic rings. The highest BCUT2D eigenvalue weighted by molar-refractivity contribution is 6.09. The Balaban J connectivity index is 1.61. The summed E-state index contributed by atoms with van der Waals surface area (Å²) in [6.45, 7) is 0.340. The van der Waals surface area contributed by atoms with Crippen molar-refractivity contribution in [3.63, 3.8) is 0 Å². The van der Waals surface area contributed by atoms with Gasteiger partial charge in [0.1, 0.15) is 11.5 Å². The first-order valence-electron chi connectivity index (χ1n) is 11.6. The van der Waals surface area contributed by atoms with Gasteiger partial charge in [-0.3, -0.25) is 9.59 Å². The van der Waals surface area contributed by atoms with E-state index in [0.29, 0.717) is 25.1 Å². The molecule has 180 valence electrons. The van der Waals surface area contributed by atoms with Crippen molar-refractivity contribution in [3.05, 3.63) is 107 Å². The minimum atomic E-state index is -0.681. The van der Waals surface area contributed by atoms with Crippen LogP contribution in [0.4, 0.5) is 0 Å². The van der Waals surface area contributed by atoms with Crippen LogP contribution in [0.5, 0.6) is 11.5 Å². The fourth-order valence-corrected chi connectivity index (χ4v) is 4.41. The van der Waals surface area contributed by atoms with Gasteiger partial charge in [-0.25, -0.2) is 0 Å². The Morgan fingerprint density at radius 2 is 1.54 bits per heavy atom. The topological polar surface area (TPSA) is 76.1 Å². The number of hydrogen-bond donors (Lipinski definition) is 1. The Bertz CT molecular complexity index is 1220. The van der Waals surface area contributed by atoms with E-state index in [1.54, 1.807) is 25.2 Å². The maximum absolute atomic E-state index is 13.4. The van der Waals surface area contributed by atoms with Crippen LogP contribution in [-0.2, 0) is 22.4 Å². The van der Waals surface area contributed by atoms with Gasteiger partial charge < -0.3 is 19.5 Å². The maximum Gasteiger partial charge on any atom is 0.290 e. The van der Waals surface area contributed by atoms with Crippen LogP contribution in [-0.4, -0.2) is 42.5 Å². The fraction of sp³-hybridized carbons (Fsp3) is 0.241. The Kier molecular flexibility index (Phi) is 7.51. The third-order valence-electron chi connectivity index (χ3n) is 6.30. The van der Waals surface area contributed by atoms with E-state index in [9.17, 15) is 14.7 Å². The smallest absolute Gasteiger partial charge is 0.290 e. The van der Waals surface area contributed by atoms with Crippen LogP contribution in [0.15, 0.2) is 90.2 Å². The molecule has 0 aliphatic carbocycles. The lowest BCUT2D eigenvalue weighted by molar-refractivity contribution is -0.129. The third-order valence-corrected chi connectivity index (χ3v) is 6.30. The van der Waals surface area contributed by atoms with E-state index in [4.69, 9.17) is 9.47 Å². The van der Waals surface area contributed by atoms with Gasteiger partial charge in [-0.1, -0.05) is 54.6 Å². The van der Waals surface area contributed by atoms with Crippen LogP contribution in [0, 0.1) is 0 Å². The monoisotopic (exact) mass is 471 g/mol. The number of ether oxygens (including phenoxy) is 2. The molecule has 1 atom stereocenters. The lowest BCUT2D eigenvalue weighted by Gasteiger charge is -2.27. The zero-order chi connectivity index (χ0) is 24.8. The Morgan fingerprint density at radius 1 is 0.857 bits per heavy atom. The van der Waals surface area contributed by atoms with Crippen LogP contribution in [0.1, 0.15) is 29.2 Å². The first-order chi connectivity index (χ1) is 17.0. The van der Waals surface area contributed by atoms with Crippen molar-refractivity contribution in [3.8, 4) is 11.5 Å². The maximum atomic E-state index is 13.4. The van der Waals surface area contributed by atoms with Gasteiger partial charge in [-0.05, 0) is 53.8 Å². The summed E-state index contributed by atoms with van der Waals surface area (Å²) in [5.41, 5.74) is 2.92. The highest BCUT2D eigenvalue weighted by Crippen LogP contribution is 2.39. The molecule has 0 aromatic heterocycles. The highest BCUT2D eigenvalue weighted by atomic mass is 16.5. The molecule has 0 radical (unpaired) electrons. The van der Waals surface area contributed by atoms with Crippen LogP contribution >= 0.6 is 0 Å². The van der Waals surface area contributed by atoms with Crippen LogP contribution < -0.4 is 9.47 Å². The van der Waals surface area contributed by atoms with Gasteiger partial charge in [-0.15, -0.1) is 0 Å². The summed E-state index contributed by atoms with van der Waals surface area (Å²) >= 11 is 0. The largest absolute Gasteiger partial charge is 0.503 e. The second-order valence-electron chi connectivity index (χ2n) is 8.45. The van der Waals surface area contributed by atoms with Crippen molar-refractivity contribution < 1.29 is 24.2 Å². The van der Waals surface area contributed by atoms with Crippen LogP contribution in [0.2, 0.25) is 0 Å². The number of Topliss-reactive ketones (excluding diaryl/α,β-unsaturated/α-hetero) is 1. The van der Waals surface area contributed by atoms with Crippen molar-refractivity contribution in [2.24, 2.45) is 0 Å². The number of nitrogens with zero attached hydrogens (tertiary/aromatic N) is 1. The van der Waals surface area contributed by atoms with E-state index in [-0.39, 0.29) is 17.8 Å². The molecule has 0 spiro atoms. The zero-order valence-corrected chi connectivity index (χ0v) is 19.9. The second kappa shape index (κ2) is 10.9. The minimum Gasteiger partial charge on any atom is -0.503 e. The van der Waals surface area contributed by atoms with Gasteiger partial charge in [-0.2, -0.15) is 0 Å². The summed E-state index contributed by atoms with van der Waals surface area (Å²) in [4.78, 5) is 28.1. The lowest BCUT2D eigenvalue weighted by atomic mass is 9.93. The number of ketones is 1. The van der Waals surface area contributed by atoms with Gasteiger partial charge in [0.15, 0.2) is 11.5 Å². The van der Waals surface area contributed by atoms with Gasteiger partial charge in [0.2, 0.25) is 0 Å². The molecular formula is C29H29NO5. The molecule has 35 heavy (non-hydrogen) atoms. The predicted molar refractivity (Wildman–Crippen MR) is 134 cm³/mol. The Labute approximate surface area is 205 Å². The summed E-state index contributed by atoms with van der Waals surface area (Å²) < 4.78 is 10.6. The molecule has 4 rings (SSSR count). The molecule has 6 heteroatoms. The van der Waals surface area contributed by atoms with E-state index in [1.165, 1.54) is 0 Å². The lowest BCUT2D eigenvalue weighted by Crippen LogP contribution is -2.33. The van der Waals surface area contributed by atoms with Gasteiger partial charge >= 0.3 is 0 Å². The van der Waals surface area contributed by atoms with Crippen molar-refractivity contribution in [1.82, 2.24) is 4.90 Å². The van der Waals surface area contributed by atoms with Crippen molar-refractivity contribution in [2.45, 2.75) is 25.3 Å². The standard InChI is InChI=1S/C29H29NO5/c1-34-23-14-11-21(12-15-23)17-18-30-27(22-9-6-10-24(19-22)35-2)26(28(32)29(30)33)25(31)16-13-20-7-4-3-5-8-20/h3-12,14-15,19,27,32H,13,16-18H2,1-2H3. The van der Waals surface area contributed by atoms with E-state index in [1.807, 2.05) is 72.8 Å². The molecule has 1 aliphatic heterocycles. The third kappa shape index (κ3) is 5.38. The summed E-state index contributed by atoms with van der Waals surface area (Å²) in [5, 5.41) is 10.8. The predicted octanol–water partition coefficient (Wildman–Crippen LogP) is 4.84. The summed E-state index contributed by atoms with van der Waals surface area (Å²) in [7, 11) is 3.18. The van der Waals surface area contributed by atoms with E-state index < -0.39 is 17.7 Å². The van der Waals surface area contributed by atoms with E-state index in [0.717, 1.165) is 22.4 Å². The molecule has 1 heterocycles. The SMILES string of the molecule is COc1ccc(CCN2C(=O)C(O)=C(C(=O)CCc3ccccc3)C2c2cccc(OC)c2)cc1. The van der Waals surface area contributed by atoms with Crippen LogP contribution in [0.3, 0.4) is 0 Å². The molecule has 0 saturated heterocycles. The number of benzene rings is 3. The number of rotatable bonds is 10. The van der Waals surface area contributed by atoms with Crippen molar-refractivity contribution >= 4 is 11.7 Å². The highest BCUT2D eigenvalue weighted by Gasteiger charge is 2.43. The van der Waals surface area contributed by atoms with Gasteiger partial charge in [0.25, 0.3) is 5.91 Å². The quantitative estimate of drug-likeness (QED) is 0.458. The Hall–Kier alpha value is -4.06. The number of aryl methyl sites for hydroxylation is 1. The number of carbonyl (C=O) groups excluding carboxylic acids is 2. The van der Waals surface area contributed by atoms with Gasteiger partial charge in [0, 0.05) is 13.0 Å². The number of methoxy groups -OCH3 is 2. The number of hydrogen-bond acceptors (Lipinski definition) is 5. The summed E-state index contributed by atoms with van der Waals surface area (Å²) in [6.07, 6.45) is 1.29. The first kappa shape index (κ1) is 24.1. The van der Waals surface area contributed by atoms with Crippen LogP contribution in [0.25, 0.3) is 0 Å². The zero-order valence-electron chi connectivity index (χ0n) is 19.9. The van der Waals surface area contributed by atoms with Crippen molar-refractivity contribution in [1.29, 1.82) is 0 Å². The molecule has 6 nitrogen and oxygen atoms in total. The summed E-state index contributed by atoms with van der Waals surface area (Å²) in [5.74, 6) is 0.137.